The van der Waals surface area contributed by atoms with Gasteiger partial charge in [-0.2, -0.15) is 0 Å². The summed E-state index contributed by atoms with van der Waals surface area (Å²) in [6, 6.07) is 16.0. The molecule has 0 bridgehead atoms. The molecular weight excluding hydrogens is 364 g/mol. The minimum atomic E-state index is 0.00784. The summed E-state index contributed by atoms with van der Waals surface area (Å²) < 4.78 is 5.30. The molecule has 3 rings (SSSR count). The van der Waals surface area contributed by atoms with Gasteiger partial charge < -0.3 is 15.0 Å². The zero-order valence-electron chi connectivity index (χ0n) is 17.3. The molecule has 1 heterocycles. The molecule has 154 valence electrons. The van der Waals surface area contributed by atoms with Crippen molar-refractivity contribution in [3.05, 3.63) is 65.2 Å². The molecule has 0 radical (unpaired) electrons. The van der Waals surface area contributed by atoms with Crippen molar-refractivity contribution in [3.8, 4) is 5.75 Å². The van der Waals surface area contributed by atoms with E-state index >= 15 is 0 Å². The number of methoxy groups -OCH3 is 1. The normalized spacial score (nSPS) is 14.5. The van der Waals surface area contributed by atoms with E-state index in [9.17, 15) is 9.59 Å². The van der Waals surface area contributed by atoms with Gasteiger partial charge in [0.2, 0.25) is 5.91 Å². The van der Waals surface area contributed by atoms with Crippen molar-refractivity contribution in [3.63, 3.8) is 0 Å². The summed E-state index contributed by atoms with van der Waals surface area (Å²) in [5.74, 6) is 1.43. The highest BCUT2D eigenvalue weighted by Gasteiger charge is 2.24. The van der Waals surface area contributed by atoms with Crippen molar-refractivity contribution in [1.29, 1.82) is 0 Å². The summed E-state index contributed by atoms with van der Waals surface area (Å²) in [7, 11) is 1.67. The van der Waals surface area contributed by atoms with E-state index in [1.165, 1.54) is 5.56 Å². The van der Waals surface area contributed by atoms with Crippen molar-refractivity contribution in [1.82, 2.24) is 10.2 Å². The van der Waals surface area contributed by atoms with Crippen LogP contribution in [0.2, 0.25) is 0 Å². The monoisotopic (exact) mass is 394 g/mol. The third-order valence-electron chi connectivity index (χ3n) is 5.61. The number of hydrogen-bond acceptors (Lipinski definition) is 3. The molecular formula is C24H30N2O3. The summed E-state index contributed by atoms with van der Waals surface area (Å²) in [5.41, 5.74) is 3.08. The van der Waals surface area contributed by atoms with E-state index < -0.39 is 0 Å². The molecule has 1 N–H and O–H groups in total. The van der Waals surface area contributed by atoms with Gasteiger partial charge in [-0.1, -0.05) is 30.3 Å². The first-order valence-corrected chi connectivity index (χ1v) is 10.3. The van der Waals surface area contributed by atoms with Crippen LogP contribution in [0.5, 0.6) is 5.75 Å². The Hall–Kier alpha value is -2.82. The fraction of sp³-hybridized carbons (Fsp3) is 0.417. The Balaban J connectivity index is 1.61. The molecule has 1 fully saturated rings. The predicted octanol–water partition coefficient (Wildman–Crippen LogP) is 3.47. The summed E-state index contributed by atoms with van der Waals surface area (Å²) in [4.78, 5) is 26.2. The maximum atomic E-state index is 13.1. The molecule has 2 aromatic carbocycles. The van der Waals surface area contributed by atoms with Gasteiger partial charge in [0.25, 0.3) is 5.91 Å². The third kappa shape index (κ3) is 5.83. The molecule has 5 nitrogen and oxygen atoms in total. The zero-order chi connectivity index (χ0) is 20.6. The topological polar surface area (TPSA) is 58.6 Å². The lowest BCUT2D eigenvalue weighted by molar-refractivity contribution is -0.119. The first-order chi connectivity index (χ1) is 14.1. The number of carbonyl (C=O) groups is 2. The second-order valence-electron chi connectivity index (χ2n) is 7.68. The molecule has 29 heavy (non-hydrogen) atoms. The summed E-state index contributed by atoms with van der Waals surface area (Å²) in [5, 5.41) is 2.89. The fourth-order valence-electron chi connectivity index (χ4n) is 3.85. The van der Waals surface area contributed by atoms with Crippen molar-refractivity contribution in [2.45, 2.75) is 32.6 Å². The quantitative estimate of drug-likeness (QED) is 0.782. The van der Waals surface area contributed by atoms with Crippen molar-refractivity contribution in [2.75, 3.05) is 26.7 Å². The van der Waals surface area contributed by atoms with Gasteiger partial charge in [-0.05, 0) is 60.9 Å². The van der Waals surface area contributed by atoms with Crippen LogP contribution in [0.15, 0.2) is 48.5 Å². The van der Waals surface area contributed by atoms with E-state index in [4.69, 9.17) is 4.74 Å². The van der Waals surface area contributed by atoms with E-state index in [1.54, 1.807) is 14.0 Å². The number of nitrogens with one attached hydrogen (secondary N) is 1. The van der Waals surface area contributed by atoms with Gasteiger partial charge >= 0.3 is 0 Å². The standard InChI is InChI=1S/C24H30N2O3/c1-18(27)25-17-20-12-14-26(15-13-20)24(28)23-9-4-3-7-21(23)11-10-19-6-5-8-22(16-19)29-2/h3-9,16,20H,10-15,17H2,1-2H3,(H,25,27). The molecule has 0 aromatic heterocycles. The lowest BCUT2D eigenvalue weighted by Gasteiger charge is -2.32. The number of piperidine rings is 1. The van der Waals surface area contributed by atoms with Crippen LogP contribution in [-0.4, -0.2) is 43.5 Å². The minimum absolute atomic E-state index is 0.00784. The Kier molecular flexibility index (Phi) is 7.28. The average molecular weight is 395 g/mol. The van der Waals surface area contributed by atoms with E-state index in [-0.39, 0.29) is 11.8 Å². The van der Waals surface area contributed by atoms with Crippen LogP contribution < -0.4 is 10.1 Å². The number of nitrogens with zero attached hydrogens (tertiary/aromatic N) is 1. The molecule has 0 aliphatic carbocycles. The molecule has 2 amide bonds. The first-order valence-electron chi connectivity index (χ1n) is 10.3. The Morgan fingerprint density at radius 2 is 1.83 bits per heavy atom. The maximum Gasteiger partial charge on any atom is 0.254 e. The second-order valence-corrected chi connectivity index (χ2v) is 7.68. The highest BCUT2D eigenvalue weighted by Crippen LogP contribution is 2.21. The lowest BCUT2D eigenvalue weighted by Crippen LogP contribution is -2.41. The van der Waals surface area contributed by atoms with Crippen LogP contribution in [0.1, 0.15) is 41.3 Å². The smallest absolute Gasteiger partial charge is 0.254 e. The Morgan fingerprint density at radius 1 is 1.07 bits per heavy atom. The van der Waals surface area contributed by atoms with Gasteiger partial charge in [-0.3, -0.25) is 9.59 Å². The van der Waals surface area contributed by atoms with Crippen LogP contribution in [0.3, 0.4) is 0 Å². The maximum absolute atomic E-state index is 13.1. The van der Waals surface area contributed by atoms with Gasteiger partial charge in [0, 0.05) is 32.1 Å². The SMILES string of the molecule is COc1cccc(CCc2ccccc2C(=O)N2CCC(CNC(C)=O)CC2)c1. The van der Waals surface area contributed by atoms with E-state index in [1.807, 2.05) is 41.3 Å². The summed E-state index contributed by atoms with van der Waals surface area (Å²) in [6.07, 6.45) is 3.53. The van der Waals surface area contributed by atoms with Crippen LogP contribution in [-0.2, 0) is 17.6 Å². The van der Waals surface area contributed by atoms with Crippen molar-refractivity contribution < 1.29 is 14.3 Å². The minimum Gasteiger partial charge on any atom is -0.497 e. The number of aryl methyl sites for hydroxylation is 2. The number of hydrogen-bond donors (Lipinski definition) is 1. The Morgan fingerprint density at radius 3 is 2.55 bits per heavy atom. The Labute approximate surface area is 173 Å². The third-order valence-corrected chi connectivity index (χ3v) is 5.61. The van der Waals surface area contributed by atoms with Gasteiger partial charge in [0.05, 0.1) is 7.11 Å². The fourth-order valence-corrected chi connectivity index (χ4v) is 3.85. The van der Waals surface area contributed by atoms with E-state index in [0.29, 0.717) is 12.5 Å². The van der Waals surface area contributed by atoms with Crippen molar-refractivity contribution >= 4 is 11.8 Å². The predicted molar refractivity (Wildman–Crippen MR) is 114 cm³/mol. The zero-order valence-corrected chi connectivity index (χ0v) is 17.3. The van der Waals surface area contributed by atoms with E-state index in [2.05, 4.69) is 17.4 Å². The number of likely N-dealkylation sites (tertiary alicyclic amines) is 1. The van der Waals surface area contributed by atoms with Gasteiger partial charge in [0.1, 0.15) is 5.75 Å². The number of ether oxygens (including phenoxy) is 1. The molecule has 1 aliphatic heterocycles. The van der Waals surface area contributed by atoms with E-state index in [0.717, 1.165) is 55.6 Å². The molecule has 5 heteroatoms. The van der Waals surface area contributed by atoms with Crippen molar-refractivity contribution in [2.24, 2.45) is 5.92 Å². The molecule has 1 saturated heterocycles. The van der Waals surface area contributed by atoms with Crippen LogP contribution in [0.4, 0.5) is 0 Å². The van der Waals surface area contributed by atoms with Crippen LogP contribution in [0, 0.1) is 5.92 Å². The largest absolute Gasteiger partial charge is 0.497 e. The molecule has 0 spiro atoms. The highest BCUT2D eigenvalue weighted by atomic mass is 16.5. The molecule has 1 aliphatic rings. The number of benzene rings is 2. The van der Waals surface area contributed by atoms with Crippen LogP contribution in [0.25, 0.3) is 0 Å². The summed E-state index contributed by atoms with van der Waals surface area (Å²) in [6.45, 7) is 3.73. The van der Waals surface area contributed by atoms with Gasteiger partial charge in [0.15, 0.2) is 0 Å². The first kappa shape index (κ1) is 20.9. The number of carbonyl (C=O) groups excluding carboxylic acids is 2. The lowest BCUT2D eigenvalue weighted by atomic mass is 9.94. The number of rotatable bonds is 7. The highest BCUT2D eigenvalue weighted by molar-refractivity contribution is 5.95. The summed E-state index contributed by atoms with van der Waals surface area (Å²) >= 11 is 0. The number of amides is 2. The molecule has 2 aromatic rings. The van der Waals surface area contributed by atoms with Gasteiger partial charge in [-0.25, -0.2) is 0 Å². The molecule has 0 atom stereocenters. The average Bonchev–Trinajstić information content (AvgIpc) is 2.76. The molecule has 0 saturated carbocycles. The van der Waals surface area contributed by atoms with Crippen LogP contribution >= 0.6 is 0 Å². The second kappa shape index (κ2) is 10.1. The van der Waals surface area contributed by atoms with Gasteiger partial charge in [-0.15, -0.1) is 0 Å². The Bertz CT molecular complexity index is 842. The molecule has 0 unspecified atom stereocenters.